The standard InChI is InChI=1S/C52H79N9O9S/c1-14-51(13,70-38(31-61(36(9)62)50(10,11)12)32-68-49-47(57-71-58-49)60-25-27-67-28-26-60)46(65)35(8)69-52(15-2,16-3)43(63)21-22-44(64)55-37-19-20-41-39(29-37)40(48(66)56-41)30-42-33(6)45(34(7)54-42)53-23-24-59(17-4)18-5/h19-20,29-30,35,38,53-54H,14-18,21-28,31-32H2,1-13H3,(H,55,64)(H,56,66)/b40-30-/t35-,38+,51?/m1/s1. The molecule has 1 aromatic carbocycles. The molecule has 18 nitrogen and oxygen atoms in total. The molecule has 0 spiro atoms. The Kier molecular flexibility index (Phi) is 19.9. The Hall–Kier alpha value is -5.21. The van der Waals surface area contributed by atoms with Gasteiger partial charge in [0, 0.05) is 79.8 Å². The second kappa shape index (κ2) is 25.0. The van der Waals surface area contributed by atoms with Gasteiger partial charge in [-0.3, -0.25) is 24.0 Å². The SMILES string of the molecule is CCN(CC)CCNc1c(C)[nH]c(/C=C2\C(=O)Nc3ccc(NC(=O)CCC(=O)C(CC)(CC)O[C@H](C)C(=O)C(C)(CC)O[C@H](COc4nsnc4N4CCOCC4)CN(C(C)=O)C(C)(C)C)cc32)c1C. The van der Waals surface area contributed by atoms with Crippen LogP contribution in [0.5, 0.6) is 5.88 Å². The van der Waals surface area contributed by atoms with Gasteiger partial charge in [-0.15, -0.1) is 4.37 Å². The van der Waals surface area contributed by atoms with Gasteiger partial charge in [0.05, 0.1) is 42.7 Å². The van der Waals surface area contributed by atoms with Crippen LogP contribution in [0.25, 0.3) is 11.6 Å². The zero-order valence-corrected chi connectivity index (χ0v) is 45.2. The van der Waals surface area contributed by atoms with Gasteiger partial charge in [-0.25, -0.2) is 0 Å². The molecule has 0 bridgehead atoms. The van der Waals surface area contributed by atoms with Gasteiger partial charge < -0.3 is 54.6 Å². The summed E-state index contributed by atoms with van der Waals surface area (Å²) in [7, 11) is 0. The highest BCUT2D eigenvalue weighted by atomic mass is 32.1. The molecular formula is C52H79N9O9S. The number of morpholine rings is 1. The predicted molar refractivity (Wildman–Crippen MR) is 280 cm³/mol. The number of nitrogens with one attached hydrogen (secondary N) is 4. The molecule has 1 unspecified atom stereocenters. The first-order valence-electron chi connectivity index (χ1n) is 25.3. The van der Waals surface area contributed by atoms with E-state index in [2.05, 4.69) is 48.4 Å². The van der Waals surface area contributed by atoms with Crippen LogP contribution in [0.3, 0.4) is 0 Å². The lowest BCUT2D eigenvalue weighted by Gasteiger charge is -2.41. The number of hydrogen-bond donors (Lipinski definition) is 4. The second-order valence-electron chi connectivity index (χ2n) is 19.6. The largest absolute Gasteiger partial charge is 0.472 e. The molecule has 0 aliphatic carbocycles. The van der Waals surface area contributed by atoms with Gasteiger partial charge in [0.1, 0.15) is 30.0 Å². The Morgan fingerprint density at radius 2 is 1.66 bits per heavy atom. The highest BCUT2D eigenvalue weighted by molar-refractivity contribution is 6.99. The zero-order valence-electron chi connectivity index (χ0n) is 44.4. The second-order valence-corrected chi connectivity index (χ2v) is 20.1. The minimum atomic E-state index is -1.41. The molecule has 3 atom stereocenters. The number of aromatic amines is 1. The van der Waals surface area contributed by atoms with Crippen LogP contribution in [0.4, 0.5) is 22.9 Å². The third kappa shape index (κ3) is 14.1. The molecule has 0 saturated carbocycles. The summed E-state index contributed by atoms with van der Waals surface area (Å²) >= 11 is 1.04. The summed E-state index contributed by atoms with van der Waals surface area (Å²) < 4.78 is 33.9. The molecule has 392 valence electrons. The van der Waals surface area contributed by atoms with E-state index < -0.39 is 28.9 Å². The van der Waals surface area contributed by atoms with Gasteiger partial charge in [0.25, 0.3) is 11.8 Å². The van der Waals surface area contributed by atoms with Crippen molar-refractivity contribution >= 4 is 75.5 Å². The number of nitrogens with zero attached hydrogens (tertiary/aromatic N) is 5. The number of carbonyl (C=O) groups is 5. The highest BCUT2D eigenvalue weighted by Gasteiger charge is 2.45. The number of amides is 3. The number of Topliss-reactive ketones (excluding diaryl/α,β-unsaturated/α-hetero) is 2. The maximum absolute atomic E-state index is 14.6. The summed E-state index contributed by atoms with van der Waals surface area (Å²) in [6.07, 6.45) is 0.512. The molecule has 71 heavy (non-hydrogen) atoms. The minimum absolute atomic E-state index is 0.0309. The fourth-order valence-electron chi connectivity index (χ4n) is 9.29. The van der Waals surface area contributed by atoms with E-state index in [1.165, 1.54) is 6.92 Å². The van der Waals surface area contributed by atoms with Crippen LogP contribution in [0, 0.1) is 13.8 Å². The van der Waals surface area contributed by atoms with E-state index in [-0.39, 0.29) is 74.5 Å². The molecule has 2 aliphatic heterocycles. The Morgan fingerprint density at radius 1 is 0.972 bits per heavy atom. The van der Waals surface area contributed by atoms with Crippen LogP contribution in [-0.2, 0) is 38.2 Å². The molecule has 4 heterocycles. The number of aromatic nitrogens is 3. The predicted octanol–water partition coefficient (Wildman–Crippen LogP) is 7.67. The Balaban J connectivity index is 1.25. The van der Waals surface area contributed by atoms with Gasteiger partial charge >= 0.3 is 0 Å². The number of hydrogen-bond acceptors (Lipinski definition) is 15. The van der Waals surface area contributed by atoms with Crippen molar-refractivity contribution in [1.82, 2.24) is 23.5 Å². The number of aryl methyl sites for hydroxylation is 1. The lowest BCUT2D eigenvalue weighted by molar-refractivity contribution is -0.180. The highest BCUT2D eigenvalue weighted by Crippen LogP contribution is 2.37. The number of ketones is 2. The van der Waals surface area contributed by atoms with Crippen LogP contribution in [0.15, 0.2) is 18.2 Å². The number of H-pyrrole nitrogens is 1. The average Bonchev–Trinajstić information content (AvgIpc) is 4.02. The van der Waals surface area contributed by atoms with E-state index in [9.17, 15) is 24.0 Å². The number of fused-ring (bicyclic) bond motifs is 1. The Morgan fingerprint density at radius 3 is 2.28 bits per heavy atom. The van der Waals surface area contributed by atoms with E-state index >= 15 is 0 Å². The lowest BCUT2D eigenvalue weighted by Crippen LogP contribution is -2.55. The summed E-state index contributed by atoms with van der Waals surface area (Å²) in [5.41, 5.74) is 2.70. The van der Waals surface area contributed by atoms with Crippen molar-refractivity contribution in [1.29, 1.82) is 0 Å². The van der Waals surface area contributed by atoms with Crippen molar-refractivity contribution in [2.45, 2.75) is 151 Å². The maximum Gasteiger partial charge on any atom is 0.270 e. The first-order chi connectivity index (χ1) is 33.6. The quantitative estimate of drug-likeness (QED) is 0.0541. The molecule has 5 rings (SSSR count). The van der Waals surface area contributed by atoms with Gasteiger partial charge in [0.15, 0.2) is 11.6 Å². The fraction of sp³-hybridized carbons (Fsp3) is 0.635. The molecule has 1 saturated heterocycles. The molecule has 19 heteroatoms. The number of carbonyl (C=O) groups excluding carboxylic acids is 5. The van der Waals surface area contributed by atoms with E-state index in [0.717, 1.165) is 60.5 Å². The van der Waals surface area contributed by atoms with Crippen LogP contribution in [0.2, 0.25) is 0 Å². The Labute approximate surface area is 424 Å². The van der Waals surface area contributed by atoms with Crippen molar-refractivity contribution in [3.8, 4) is 5.88 Å². The summed E-state index contributed by atoms with van der Waals surface area (Å²) in [4.78, 5) is 78.0. The van der Waals surface area contributed by atoms with Gasteiger partial charge in [0.2, 0.25) is 17.6 Å². The molecule has 3 aromatic rings. The monoisotopic (exact) mass is 1010 g/mol. The molecule has 3 amide bonds. The minimum Gasteiger partial charge on any atom is -0.472 e. The van der Waals surface area contributed by atoms with Crippen LogP contribution in [-0.4, -0.2) is 147 Å². The fourth-order valence-corrected chi connectivity index (χ4v) is 9.81. The summed E-state index contributed by atoms with van der Waals surface area (Å²) in [5.74, 6) is -0.531. The normalized spacial score (nSPS) is 16.3. The molecule has 2 aromatic heterocycles. The average molecular weight is 1010 g/mol. The molecule has 0 radical (unpaired) electrons. The van der Waals surface area contributed by atoms with Crippen molar-refractivity contribution in [2.24, 2.45) is 0 Å². The lowest BCUT2D eigenvalue weighted by atomic mass is 9.87. The summed E-state index contributed by atoms with van der Waals surface area (Å²) in [6, 6.07) is 5.22. The third-order valence-corrected chi connectivity index (χ3v) is 14.3. The molecule has 4 N–H and O–H groups in total. The number of likely N-dealkylation sites (N-methyl/N-ethyl adjacent to an activating group) is 1. The Bertz CT molecular complexity index is 2360. The van der Waals surface area contributed by atoms with Gasteiger partial charge in [-0.05, 0) is 111 Å². The van der Waals surface area contributed by atoms with Crippen LogP contribution >= 0.6 is 11.7 Å². The number of ether oxygens (including phenoxy) is 4. The summed E-state index contributed by atoms with van der Waals surface area (Å²) in [6.45, 7) is 30.6. The molecule has 1 fully saturated rings. The van der Waals surface area contributed by atoms with Crippen LogP contribution in [0.1, 0.15) is 131 Å². The van der Waals surface area contributed by atoms with Gasteiger partial charge in [-0.1, -0.05) is 34.6 Å². The smallest absolute Gasteiger partial charge is 0.270 e. The van der Waals surface area contributed by atoms with Crippen molar-refractivity contribution in [3.63, 3.8) is 0 Å². The maximum atomic E-state index is 14.6. The number of benzene rings is 1. The third-order valence-electron chi connectivity index (χ3n) is 13.8. The van der Waals surface area contributed by atoms with E-state index in [4.69, 9.17) is 18.9 Å². The van der Waals surface area contributed by atoms with E-state index in [0.29, 0.717) is 60.5 Å². The van der Waals surface area contributed by atoms with E-state index in [1.807, 2.05) is 66.4 Å². The summed E-state index contributed by atoms with van der Waals surface area (Å²) in [5, 5.41) is 9.40. The van der Waals surface area contributed by atoms with Crippen LogP contribution < -0.4 is 25.6 Å². The van der Waals surface area contributed by atoms with E-state index in [1.54, 1.807) is 36.9 Å². The first-order valence-corrected chi connectivity index (χ1v) is 26.0. The number of anilines is 4. The topological polar surface area (TPSA) is 210 Å². The zero-order chi connectivity index (χ0) is 52.3. The van der Waals surface area contributed by atoms with Crippen molar-refractivity contribution < 1.29 is 42.9 Å². The van der Waals surface area contributed by atoms with Crippen molar-refractivity contribution in [3.05, 3.63) is 40.7 Å². The van der Waals surface area contributed by atoms with Gasteiger partial charge in [-0.2, -0.15) is 4.37 Å². The first kappa shape index (κ1) is 56.7. The van der Waals surface area contributed by atoms with Crippen molar-refractivity contribution in [2.75, 3.05) is 86.5 Å². The molecular weight excluding hydrogens is 927 g/mol. The number of rotatable bonds is 27. The molecule has 2 aliphatic rings.